The third-order valence-corrected chi connectivity index (χ3v) is 6.35. The molecule has 0 radical (unpaired) electrons. The van der Waals surface area contributed by atoms with Gasteiger partial charge in [0.2, 0.25) is 0 Å². The van der Waals surface area contributed by atoms with Crippen LogP contribution in [0.1, 0.15) is 54.4 Å². The lowest BCUT2D eigenvalue weighted by Gasteiger charge is -2.35. The summed E-state index contributed by atoms with van der Waals surface area (Å²) in [6.07, 6.45) is -0.322. The Bertz CT molecular complexity index is 1050. The number of amides is 3. The first-order valence-electron chi connectivity index (χ1n) is 13.0. The Labute approximate surface area is 244 Å². The van der Waals surface area contributed by atoms with Crippen molar-refractivity contribution in [2.45, 2.75) is 76.5 Å². The van der Waals surface area contributed by atoms with E-state index in [1.807, 2.05) is 4.90 Å². The topological polar surface area (TPSA) is 122 Å². The molecule has 1 aromatic heterocycles. The molecule has 0 saturated carbocycles. The van der Waals surface area contributed by atoms with Crippen molar-refractivity contribution in [3.8, 4) is 0 Å². The standard InChI is InChI=1S/C26H37Cl2N5O7/c1-25(2,3)39-23(36)32-13-11-30(12-14-33(32)24(37)40-26(4,5)6)20-10-7-17(15-29-20)31-16-18(38-22(31)35)8-9-19(34)21(27)28/h7,10,15,18,21H,8-9,11-14,16H2,1-6H3/t18-/m0/s1. The van der Waals surface area contributed by atoms with E-state index in [1.165, 1.54) is 14.9 Å². The lowest BCUT2D eigenvalue weighted by molar-refractivity contribution is -0.117. The molecule has 3 heterocycles. The van der Waals surface area contributed by atoms with Crippen LogP contribution in [0, 0.1) is 0 Å². The Balaban J connectivity index is 1.69. The van der Waals surface area contributed by atoms with Crippen molar-refractivity contribution in [2.75, 3.05) is 42.5 Å². The third-order valence-electron chi connectivity index (χ3n) is 5.86. The number of cyclic esters (lactones) is 1. The molecule has 3 amide bonds. The van der Waals surface area contributed by atoms with E-state index in [4.69, 9.17) is 37.4 Å². The Hall–Kier alpha value is -2.99. The first-order chi connectivity index (χ1) is 18.5. The zero-order valence-electron chi connectivity index (χ0n) is 23.7. The number of anilines is 2. The van der Waals surface area contributed by atoms with Gasteiger partial charge in [-0.1, -0.05) is 23.2 Å². The minimum Gasteiger partial charge on any atom is -0.444 e. The molecular weight excluding hydrogens is 565 g/mol. The number of carbonyl (C=O) groups excluding carboxylic acids is 4. The molecule has 40 heavy (non-hydrogen) atoms. The fraction of sp³-hybridized carbons (Fsp3) is 0.654. The summed E-state index contributed by atoms with van der Waals surface area (Å²) in [5, 5.41) is 2.52. The zero-order valence-corrected chi connectivity index (χ0v) is 25.2. The predicted molar refractivity (Wildman–Crippen MR) is 150 cm³/mol. The fourth-order valence-electron chi connectivity index (χ4n) is 4.04. The van der Waals surface area contributed by atoms with E-state index in [0.29, 0.717) is 31.0 Å². The van der Waals surface area contributed by atoms with Gasteiger partial charge in [0.05, 0.1) is 31.5 Å². The summed E-state index contributed by atoms with van der Waals surface area (Å²) in [4.78, 5) is 56.9. The van der Waals surface area contributed by atoms with Crippen LogP contribution in [0.4, 0.5) is 25.9 Å². The Morgan fingerprint density at radius 1 is 0.975 bits per heavy atom. The highest BCUT2D eigenvalue weighted by Crippen LogP contribution is 2.26. The molecule has 0 aliphatic carbocycles. The highest BCUT2D eigenvalue weighted by Gasteiger charge is 2.36. The Kier molecular flexibility index (Phi) is 9.99. The maximum absolute atomic E-state index is 13.0. The predicted octanol–water partition coefficient (Wildman–Crippen LogP) is 4.77. The van der Waals surface area contributed by atoms with Crippen LogP contribution >= 0.6 is 23.2 Å². The normalized spacial score (nSPS) is 18.5. The van der Waals surface area contributed by atoms with Crippen LogP contribution in [0.15, 0.2) is 18.3 Å². The fourth-order valence-corrected chi connectivity index (χ4v) is 4.26. The summed E-state index contributed by atoms with van der Waals surface area (Å²) in [7, 11) is 0. The van der Waals surface area contributed by atoms with Gasteiger partial charge in [-0.3, -0.25) is 9.69 Å². The molecule has 0 bridgehead atoms. The average Bonchev–Trinajstić information content (AvgIpc) is 3.05. The van der Waals surface area contributed by atoms with E-state index in [1.54, 1.807) is 59.9 Å². The molecule has 3 rings (SSSR count). The van der Waals surface area contributed by atoms with Gasteiger partial charge in [0.1, 0.15) is 23.1 Å². The number of ether oxygens (including phenoxy) is 3. The second-order valence-corrected chi connectivity index (χ2v) is 12.6. The molecule has 0 unspecified atom stereocenters. The van der Waals surface area contributed by atoms with Crippen molar-refractivity contribution in [2.24, 2.45) is 0 Å². The number of rotatable bonds is 6. The number of halogens is 2. The molecule has 2 saturated heterocycles. The van der Waals surface area contributed by atoms with Crippen molar-refractivity contribution in [1.82, 2.24) is 15.0 Å². The van der Waals surface area contributed by atoms with E-state index in [-0.39, 0.29) is 31.8 Å². The molecule has 0 spiro atoms. The molecule has 0 N–H and O–H groups in total. The van der Waals surface area contributed by atoms with Crippen LogP contribution in [0.5, 0.6) is 0 Å². The Morgan fingerprint density at radius 2 is 1.52 bits per heavy atom. The average molecular weight is 603 g/mol. The molecule has 1 atom stereocenters. The number of pyridine rings is 1. The van der Waals surface area contributed by atoms with Crippen molar-refractivity contribution in [1.29, 1.82) is 0 Å². The van der Waals surface area contributed by atoms with Gasteiger partial charge in [-0.05, 0) is 60.1 Å². The summed E-state index contributed by atoms with van der Waals surface area (Å²) in [6, 6.07) is 3.50. The second kappa shape index (κ2) is 12.7. The first kappa shape index (κ1) is 31.5. The molecular formula is C26H37Cl2N5O7. The van der Waals surface area contributed by atoms with Gasteiger partial charge >= 0.3 is 18.3 Å². The number of alkyl halides is 2. The number of hydrogen-bond donors (Lipinski definition) is 0. The van der Waals surface area contributed by atoms with Gasteiger partial charge < -0.3 is 19.1 Å². The monoisotopic (exact) mass is 601 g/mol. The van der Waals surface area contributed by atoms with Gasteiger partial charge in [-0.25, -0.2) is 29.4 Å². The van der Waals surface area contributed by atoms with E-state index >= 15 is 0 Å². The highest BCUT2D eigenvalue weighted by molar-refractivity contribution is 6.53. The largest absolute Gasteiger partial charge is 0.444 e. The van der Waals surface area contributed by atoms with Crippen LogP contribution in [-0.2, 0) is 19.0 Å². The molecule has 2 aliphatic heterocycles. The zero-order chi connectivity index (χ0) is 29.8. The minimum absolute atomic E-state index is 0.107. The quantitative estimate of drug-likeness (QED) is 0.335. The van der Waals surface area contributed by atoms with Crippen LogP contribution in [0.25, 0.3) is 0 Å². The van der Waals surface area contributed by atoms with Crippen molar-refractivity contribution >= 4 is 58.8 Å². The molecule has 12 nitrogen and oxygen atoms in total. The van der Waals surface area contributed by atoms with E-state index < -0.39 is 40.4 Å². The lowest BCUT2D eigenvalue weighted by atomic mass is 10.1. The number of hydrogen-bond acceptors (Lipinski definition) is 9. The number of aromatic nitrogens is 1. The molecule has 1 aromatic rings. The maximum atomic E-state index is 13.0. The molecule has 222 valence electrons. The summed E-state index contributed by atoms with van der Waals surface area (Å²) in [5.41, 5.74) is -0.958. The number of hydrazine groups is 1. The Morgan fingerprint density at radius 3 is 1.98 bits per heavy atom. The number of carbonyl (C=O) groups is 4. The lowest BCUT2D eigenvalue weighted by Crippen LogP contribution is -2.53. The van der Waals surface area contributed by atoms with E-state index in [0.717, 1.165) is 0 Å². The number of ketones is 1. The van der Waals surface area contributed by atoms with Gasteiger partial charge in [-0.15, -0.1) is 0 Å². The summed E-state index contributed by atoms with van der Waals surface area (Å²) in [5.74, 6) is 0.278. The maximum Gasteiger partial charge on any atom is 0.429 e. The van der Waals surface area contributed by atoms with Gasteiger partial charge in [0, 0.05) is 19.5 Å². The van der Waals surface area contributed by atoms with Gasteiger partial charge in [0.25, 0.3) is 0 Å². The van der Waals surface area contributed by atoms with E-state index in [2.05, 4.69) is 4.98 Å². The summed E-state index contributed by atoms with van der Waals surface area (Å²) in [6.45, 7) is 11.8. The van der Waals surface area contributed by atoms with Crippen LogP contribution in [-0.4, -0.2) is 93.9 Å². The summed E-state index contributed by atoms with van der Waals surface area (Å²) < 4.78 is 16.5. The number of nitrogens with zero attached hydrogens (tertiary/aromatic N) is 5. The summed E-state index contributed by atoms with van der Waals surface area (Å²) >= 11 is 11.2. The van der Waals surface area contributed by atoms with Crippen LogP contribution in [0.3, 0.4) is 0 Å². The van der Waals surface area contributed by atoms with Crippen molar-refractivity contribution in [3.05, 3.63) is 18.3 Å². The highest BCUT2D eigenvalue weighted by atomic mass is 35.5. The van der Waals surface area contributed by atoms with Crippen molar-refractivity contribution in [3.63, 3.8) is 0 Å². The SMILES string of the molecule is CC(C)(C)OC(=O)N1CCN(c2ccc(N3C[C@H](CCC(=O)C(Cl)Cl)OC3=O)cn2)CCN1C(=O)OC(C)(C)C. The first-order valence-corrected chi connectivity index (χ1v) is 13.9. The van der Waals surface area contributed by atoms with Gasteiger partial charge in [0.15, 0.2) is 10.6 Å². The van der Waals surface area contributed by atoms with E-state index in [9.17, 15) is 19.2 Å². The molecule has 2 aliphatic rings. The minimum atomic E-state index is -1.10. The molecule has 14 heteroatoms. The molecule has 0 aromatic carbocycles. The van der Waals surface area contributed by atoms with Crippen LogP contribution in [0.2, 0.25) is 0 Å². The smallest absolute Gasteiger partial charge is 0.429 e. The van der Waals surface area contributed by atoms with Crippen molar-refractivity contribution < 1.29 is 33.4 Å². The third kappa shape index (κ3) is 8.76. The van der Waals surface area contributed by atoms with Gasteiger partial charge in [-0.2, -0.15) is 0 Å². The second-order valence-electron chi connectivity index (χ2n) is 11.5. The molecule has 2 fully saturated rings. The van der Waals surface area contributed by atoms with Crippen LogP contribution < -0.4 is 9.80 Å². The number of Topliss-reactive ketones (excluding diaryl/α,β-unsaturated/α-hetero) is 1.